The maximum atomic E-state index is 11.3. The number of ether oxygens (including phenoxy) is 1. The molecule has 1 fully saturated rings. The number of aliphatic hydroxyl groups excluding tert-OH is 1. The molecule has 20 heavy (non-hydrogen) atoms. The van der Waals surface area contributed by atoms with Gasteiger partial charge >= 0.3 is 7.82 Å². The monoisotopic (exact) mass is 305 g/mol. The van der Waals surface area contributed by atoms with E-state index in [1.807, 2.05) is 0 Å². The summed E-state index contributed by atoms with van der Waals surface area (Å²) in [6, 6.07) is 1.66. The molecule has 0 radical (unpaired) electrons. The van der Waals surface area contributed by atoms with Gasteiger partial charge in [0.05, 0.1) is 18.8 Å². The highest BCUT2D eigenvalue weighted by Gasteiger charge is 2.36. The molecular weight excluding hydrogens is 289 g/mol. The Hall–Kier alpha value is -1.02. The lowest BCUT2D eigenvalue weighted by molar-refractivity contribution is -0.0222. The number of rotatable bonds is 4. The largest absolute Gasteiger partial charge is 0.469 e. The molecule has 1 aromatic heterocycles. The third-order valence-electron chi connectivity index (χ3n) is 3.11. The third-order valence-corrected chi connectivity index (χ3v) is 3.60. The van der Waals surface area contributed by atoms with E-state index in [0.29, 0.717) is 11.1 Å². The maximum Gasteiger partial charge on any atom is 0.469 e. The Labute approximate surface area is 114 Å². The topological polar surface area (TPSA) is 129 Å². The van der Waals surface area contributed by atoms with E-state index in [-0.39, 0.29) is 12.0 Å². The molecule has 8 nitrogen and oxygen atoms in total. The summed E-state index contributed by atoms with van der Waals surface area (Å²) < 4.78 is 20.5. The van der Waals surface area contributed by atoms with E-state index < -0.39 is 32.7 Å². The zero-order valence-corrected chi connectivity index (χ0v) is 11.6. The molecule has 1 aliphatic heterocycles. The highest BCUT2D eigenvalue weighted by molar-refractivity contribution is 7.46. The number of aliphatic hydroxyl groups is 1. The first-order chi connectivity index (χ1) is 9.26. The molecule has 0 spiro atoms. The van der Waals surface area contributed by atoms with E-state index in [2.05, 4.69) is 9.51 Å². The SMILES string of the molecule is Cc1cc([C@H]2C[C@H](O)[C@@H](COP(=O)(O)O)O2)c[nH]c1=O. The summed E-state index contributed by atoms with van der Waals surface area (Å²) in [5.41, 5.74) is 1.02. The predicted molar refractivity (Wildman–Crippen MR) is 68.0 cm³/mol. The molecule has 2 rings (SSSR count). The summed E-state index contributed by atoms with van der Waals surface area (Å²) in [6.07, 6.45) is -0.399. The minimum atomic E-state index is -4.59. The lowest BCUT2D eigenvalue weighted by atomic mass is 10.1. The van der Waals surface area contributed by atoms with Crippen molar-refractivity contribution in [2.75, 3.05) is 6.61 Å². The summed E-state index contributed by atoms with van der Waals surface area (Å²) in [5.74, 6) is 0. The van der Waals surface area contributed by atoms with Crippen molar-refractivity contribution in [1.82, 2.24) is 4.98 Å². The van der Waals surface area contributed by atoms with Crippen molar-refractivity contribution in [3.8, 4) is 0 Å². The van der Waals surface area contributed by atoms with Crippen LogP contribution >= 0.6 is 7.82 Å². The Morgan fingerprint density at radius 2 is 2.25 bits per heavy atom. The van der Waals surface area contributed by atoms with E-state index in [1.165, 1.54) is 6.20 Å². The lowest BCUT2D eigenvalue weighted by Crippen LogP contribution is -2.25. The van der Waals surface area contributed by atoms with Gasteiger partial charge in [-0.1, -0.05) is 0 Å². The Bertz CT molecular complexity index is 580. The minimum absolute atomic E-state index is 0.200. The second-order valence-corrected chi connectivity index (χ2v) is 5.94. The number of aromatic nitrogens is 1. The van der Waals surface area contributed by atoms with Crippen LogP contribution in [0.2, 0.25) is 0 Å². The summed E-state index contributed by atoms with van der Waals surface area (Å²) in [4.78, 5) is 31.1. The van der Waals surface area contributed by atoms with Gasteiger partial charge in [0, 0.05) is 18.2 Å². The fourth-order valence-electron chi connectivity index (χ4n) is 2.07. The van der Waals surface area contributed by atoms with E-state index in [1.54, 1.807) is 13.0 Å². The van der Waals surface area contributed by atoms with Crippen LogP contribution in [0.3, 0.4) is 0 Å². The molecule has 0 amide bonds. The van der Waals surface area contributed by atoms with Gasteiger partial charge < -0.3 is 24.6 Å². The Morgan fingerprint density at radius 3 is 2.85 bits per heavy atom. The molecule has 3 atom stereocenters. The van der Waals surface area contributed by atoms with Gasteiger partial charge in [-0.3, -0.25) is 9.32 Å². The smallest absolute Gasteiger partial charge is 0.390 e. The fourth-order valence-corrected chi connectivity index (χ4v) is 2.41. The number of aryl methyl sites for hydroxylation is 1. The van der Waals surface area contributed by atoms with Crippen LogP contribution in [0.5, 0.6) is 0 Å². The predicted octanol–water partition coefficient (Wildman–Crippen LogP) is -0.0165. The first kappa shape index (κ1) is 15.4. The lowest BCUT2D eigenvalue weighted by Gasteiger charge is -2.15. The van der Waals surface area contributed by atoms with Crippen molar-refractivity contribution in [1.29, 1.82) is 0 Å². The van der Waals surface area contributed by atoms with Crippen LogP contribution in [-0.4, -0.2) is 38.7 Å². The fraction of sp³-hybridized carbons (Fsp3) is 0.545. The van der Waals surface area contributed by atoms with Gasteiger partial charge in [0.1, 0.15) is 6.10 Å². The second kappa shape index (κ2) is 5.77. The molecule has 112 valence electrons. The highest BCUT2D eigenvalue weighted by atomic mass is 31.2. The molecule has 1 aromatic rings. The zero-order valence-electron chi connectivity index (χ0n) is 10.7. The molecule has 0 bridgehead atoms. The van der Waals surface area contributed by atoms with E-state index in [0.717, 1.165) is 0 Å². The summed E-state index contributed by atoms with van der Waals surface area (Å²) in [6.45, 7) is 1.26. The average Bonchev–Trinajstić information content (AvgIpc) is 2.71. The van der Waals surface area contributed by atoms with Crippen molar-refractivity contribution in [2.45, 2.75) is 31.7 Å². The molecule has 9 heteroatoms. The van der Waals surface area contributed by atoms with E-state index >= 15 is 0 Å². The molecule has 4 N–H and O–H groups in total. The van der Waals surface area contributed by atoms with Crippen LogP contribution in [0, 0.1) is 6.92 Å². The Morgan fingerprint density at radius 1 is 1.55 bits per heavy atom. The first-order valence-corrected chi connectivity index (χ1v) is 7.52. The van der Waals surface area contributed by atoms with Gasteiger partial charge in [0.15, 0.2) is 0 Å². The highest BCUT2D eigenvalue weighted by Crippen LogP contribution is 2.39. The van der Waals surface area contributed by atoms with Crippen molar-refractivity contribution >= 4 is 7.82 Å². The van der Waals surface area contributed by atoms with Crippen LogP contribution in [0.25, 0.3) is 0 Å². The minimum Gasteiger partial charge on any atom is -0.390 e. The number of pyridine rings is 1. The zero-order chi connectivity index (χ0) is 14.9. The standard InChI is InChI=1S/C11H16NO7P/c1-6-2-7(4-12-11(6)14)9-3-8(13)10(19-9)5-18-20(15,16)17/h2,4,8-10,13H,3,5H2,1H3,(H,12,14)(H2,15,16,17)/t8-,9+,10+/m0/s1. The van der Waals surface area contributed by atoms with Gasteiger partial charge in [-0.2, -0.15) is 0 Å². The van der Waals surface area contributed by atoms with Crippen LogP contribution in [0.4, 0.5) is 0 Å². The number of phosphoric acid groups is 1. The van der Waals surface area contributed by atoms with Crippen LogP contribution < -0.4 is 5.56 Å². The Kier molecular flexibility index (Phi) is 4.43. The third kappa shape index (κ3) is 3.76. The van der Waals surface area contributed by atoms with Gasteiger partial charge in [0.2, 0.25) is 0 Å². The van der Waals surface area contributed by atoms with E-state index in [4.69, 9.17) is 14.5 Å². The average molecular weight is 305 g/mol. The molecule has 0 aromatic carbocycles. The second-order valence-electron chi connectivity index (χ2n) is 4.70. The maximum absolute atomic E-state index is 11.3. The number of hydrogen-bond acceptors (Lipinski definition) is 5. The number of aromatic amines is 1. The first-order valence-electron chi connectivity index (χ1n) is 5.99. The molecule has 0 unspecified atom stereocenters. The van der Waals surface area contributed by atoms with Crippen molar-refractivity contribution in [3.63, 3.8) is 0 Å². The number of hydrogen-bond donors (Lipinski definition) is 4. The molecule has 0 saturated carbocycles. The summed E-state index contributed by atoms with van der Waals surface area (Å²) >= 11 is 0. The Balaban J connectivity index is 2.04. The van der Waals surface area contributed by atoms with Crippen molar-refractivity contribution in [2.24, 2.45) is 0 Å². The molecular formula is C11H16NO7P. The van der Waals surface area contributed by atoms with Crippen LogP contribution in [-0.2, 0) is 13.8 Å². The molecule has 1 saturated heterocycles. The number of nitrogens with one attached hydrogen (secondary N) is 1. The number of H-pyrrole nitrogens is 1. The van der Waals surface area contributed by atoms with Crippen molar-refractivity contribution < 1.29 is 28.7 Å². The van der Waals surface area contributed by atoms with Gasteiger partial charge in [-0.05, 0) is 18.6 Å². The summed E-state index contributed by atoms with van der Waals surface area (Å²) in [7, 11) is -4.59. The van der Waals surface area contributed by atoms with Crippen LogP contribution in [0.15, 0.2) is 17.1 Å². The van der Waals surface area contributed by atoms with Crippen molar-refractivity contribution in [3.05, 3.63) is 33.7 Å². The van der Waals surface area contributed by atoms with Gasteiger partial charge in [0.25, 0.3) is 5.56 Å². The van der Waals surface area contributed by atoms with Gasteiger partial charge in [-0.25, -0.2) is 4.57 Å². The normalized spacial score (nSPS) is 26.9. The van der Waals surface area contributed by atoms with E-state index in [9.17, 15) is 14.5 Å². The quantitative estimate of drug-likeness (QED) is 0.575. The van der Waals surface area contributed by atoms with Crippen LogP contribution in [0.1, 0.15) is 23.7 Å². The molecule has 1 aliphatic rings. The molecule has 2 heterocycles. The number of phosphoric ester groups is 1. The van der Waals surface area contributed by atoms with Gasteiger partial charge in [-0.15, -0.1) is 0 Å². The summed E-state index contributed by atoms with van der Waals surface area (Å²) in [5, 5.41) is 9.81. The molecule has 0 aliphatic carbocycles.